The lowest BCUT2D eigenvalue weighted by Gasteiger charge is -2.58. The monoisotopic (exact) mass is 424 g/mol. The molecule has 31 heavy (non-hydrogen) atoms. The molecule has 1 heterocycles. The van der Waals surface area contributed by atoms with E-state index in [-0.39, 0.29) is 29.7 Å². The van der Waals surface area contributed by atoms with Crippen LogP contribution in [0, 0.1) is 52.3 Å². The molecule has 0 radical (unpaired) electrons. The maximum atomic E-state index is 13.3. The molecule has 6 heteroatoms. The summed E-state index contributed by atoms with van der Waals surface area (Å²) in [5.41, 5.74) is 6.63. The van der Waals surface area contributed by atoms with Gasteiger partial charge in [0, 0.05) is 18.2 Å². The number of nitrogens with two attached hydrogens (primary N) is 1. The minimum atomic E-state index is -0.612. The van der Waals surface area contributed by atoms with Crippen molar-refractivity contribution in [2.24, 2.45) is 46.7 Å². The molecule has 3 N–H and O–H groups in total. The maximum Gasteiger partial charge on any atom is 0.157 e. The molecule has 1 unspecified atom stereocenters. The number of Topliss-reactive ketones (excluding diaryl/α,β-unsaturated/α-hetero) is 1. The number of aliphatic hydroxyl groups is 1. The van der Waals surface area contributed by atoms with E-state index in [0.29, 0.717) is 35.2 Å². The fourth-order valence-corrected chi connectivity index (χ4v) is 8.66. The highest BCUT2D eigenvalue weighted by Crippen LogP contribution is 2.64. The molecule has 4 aliphatic rings. The Labute approximate surface area is 185 Å². The first-order valence-corrected chi connectivity index (χ1v) is 12.1. The molecule has 0 spiro atoms. The molecule has 4 aliphatic carbocycles. The van der Waals surface area contributed by atoms with E-state index in [1.165, 1.54) is 25.5 Å². The minimum absolute atomic E-state index is 0.0700. The molecule has 5 rings (SSSR count). The summed E-state index contributed by atoms with van der Waals surface area (Å²) in [6.07, 6.45) is 11.6. The molecule has 1 aromatic rings. The first-order chi connectivity index (χ1) is 14.7. The van der Waals surface area contributed by atoms with Crippen LogP contribution in [-0.4, -0.2) is 32.3 Å². The lowest BCUT2D eigenvalue weighted by Crippen LogP contribution is -2.57. The van der Waals surface area contributed by atoms with Crippen LogP contribution in [0.2, 0.25) is 0 Å². The van der Waals surface area contributed by atoms with E-state index in [1.54, 1.807) is 10.9 Å². The first kappa shape index (κ1) is 21.2. The van der Waals surface area contributed by atoms with Gasteiger partial charge in [-0.15, -0.1) is 0 Å². The standard InChI is InChI=1S/C25H36N4O2/c1-24(31)9-16-3-4-17-18(23(16)21(27)10-24)7-8-25(2)19(17)5-6-20(25)22(30)14-29-13-15(11-26)12-28-29/h12-13,16-21,23,31H,3-10,14,27H2,1-2H3/t16-,17-,18+,19+,20-,21?,23+,24+,25+/m1/s1. The van der Waals surface area contributed by atoms with Crippen LogP contribution in [0.3, 0.4) is 0 Å². The van der Waals surface area contributed by atoms with Gasteiger partial charge in [0.1, 0.15) is 6.07 Å². The molecular formula is C25H36N4O2. The SMILES string of the molecule is C[C@@]1(O)CC(N)[C@H]2[C@H](CC[C@@H]3[C@@H]2CC[C@]2(C)[C@@H](C(=O)Cn4cc(C#N)cn4)CC[C@@H]32)C1. The average molecular weight is 425 g/mol. The summed E-state index contributed by atoms with van der Waals surface area (Å²) < 4.78 is 1.63. The van der Waals surface area contributed by atoms with Gasteiger partial charge in [-0.1, -0.05) is 6.92 Å². The molecule has 168 valence electrons. The topological polar surface area (TPSA) is 105 Å². The van der Waals surface area contributed by atoms with Crippen molar-refractivity contribution in [3.8, 4) is 6.07 Å². The van der Waals surface area contributed by atoms with Crippen LogP contribution >= 0.6 is 0 Å². The van der Waals surface area contributed by atoms with Gasteiger partial charge in [-0.2, -0.15) is 10.4 Å². The Hall–Kier alpha value is -1.71. The normalized spacial score (nSPS) is 46.5. The van der Waals surface area contributed by atoms with Gasteiger partial charge in [0.15, 0.2) is 5.78 Å². The van der Waals surface area contributed by atoms with Crippen molar-refractivity contribution in [1.82, 2.24) is 9.78 Å². The summed E-state index contributed by atoms with van der Waals surface area (Å²) in [4.78, 5) is 13.3. The molecule has 0 amide bonds. The van der Waals surface area contributed by atoms with Crippen molar-refractivity contribution >= 4 is 5.78 Å². The second-order valence-electron chi connectivity index (χ2n) is 11.6. The molecule has 6 nitrogen and oxygen atoms in total. The fraction of sp³-hybridized carbons (Fsp3) is 0.800. The molecule has 0 bridgehead atoms. The Morgan fingerprint density at radius 2 is 2.06 bits per heavy atom. The lowest BCUT2D eigenvalue weighted by molar-refractivity contribution is -0.134. The molecule has 0 aliphatic heterocycles. The number of nitriles is 1. The number of fused-ring (bicyclic) bond motifs is 5. The molecule has 0 saturated heterocycles. The summed E-state index contributed by atoms with van der Waals surface area (Å²) in [5.74, 6) is 3.37. The quantitative estimate of drug-likeness (QED) is 0.775. The van der Waals surface area contributed by atoms with E-state index in [4.69, 9.17) is 11.0 Å². The highest BCUT2D eigenvalue weighted by molar-refractivity contribution is 5.82. The van der Waals surface area contributed by atoms with Crippen molar-refractivity contribution in [2.45, 2.75) is 83.4 Å². The van der Waals surface area contributed by atoms with Crippen LogP contribution in [0.5, 0.6) is 0 Å². The maximum absolute atomic E-state index is 13.3. The second-order valence-corrected chi connectivity index (χ2v) is 11.6. The van der Waals surface area contributed by atoms with E-state index in [0.717, 1.165) is 32.1 Å². The smallest absolute Gasteiger partial charge is 0.157 e. The van der Waals surface area contributed by atoms with Gasteiger partial charge in [0.2, 0.25) is 0 Å². The van der Waals surface area contributed by atoms with Crippen LogP contribution in [0.1, 0.15) is 70.8 Å². The zero-order chi connectivity index (χ0) is 22.0. The van der Waals surface area contributed by atoms with Crippen molar-refractivity contribution in [3.05, 3.63) is 18.0 Å². The Morgan fingerprint density at radius 3 is 2.81 bits per heavy atom. The molecule has 1 aromatic heterocycles. The van der Waals surface area contributed by atoms with E-state index in [1.807, 2.05) is 6.92 Å². The Morgan fingerprint density at radius 1 is 1.26 bits per heavy atom. The number of aromatic nitrogens is 2. The van der Waals surface area contributed by atoms with Crippen molar-refractivity contribution < 1.29 is 9.90 Å². The van der Waals surface area contributed by atoms with Crippen LogP contribution in [0.25, 0.3) is 0 Å². The number of hydrogen-bond acceptors (Lipinski definition) is 5. The van der Waals surface area contributed by atoms with Gasteiger partial charge >= 0.3 is 0 Å². The summed E-state index contributed by atoms with van der Waals surface area (Å²) >= 11 is 0. The van der Waals surface area contributed by atoms with Crippen LogP contribution in [0.15, 0.2) is 12.4 Å². The van der Waals surface area contributed by atoms with Gasteiger partial charge in [0.25, 0.3) is 0 Å². The van der Waals surface area contributed by atoms with E-state index >= 15 is 0 Å². The molecular weight excluding hydrogens is 388 g/mol. The number of hydrogen-bond donors (Lipinski definition) is 2. The summed E-state index contributed by atoms with van der Waals surface area (Å²) in [6.45, 7) is 4.60. The lowest BCUT2D eigenvalue weighted by atomic mass is 9.48. The van der Waals surface area contributed by atoms with Gasteiger partial charge in [-0.25, -0.2) is 0 Å². The first-order valence-electron chi connectivity index (χ1n) is 12.1. The Balaban J connectivity index is 1.32. The number of carbonyl (C=O) groups is 1. The number of rotatable bonds is 3. The number of ketones is 1. The third kappa shape index (κ3) is 3.45. The second kappa shape index (κ2) is 7.42. The van der Waals surface area contributed by atoms with Gasteiger partial charge < -0.3 is 10.8 Å². The number of nitrogens with zero attached hydrogens (tertiary/aromatic N) is 3. The van der Waals surface area contributed by atoms with Gasteiger partial charge in [0.05, 0.1) is 23.9 Å². The average Bonchev–Trinajstić information content (AvgIpc) is 3.30. The molecule has 4 saturated carbocycles. The largest absolute Gasteiger partial charge is 0.390 e. The van der Waals surface area contributed by atoms with E-state index in [9.17, 15) is 9.90 Å². The zero-order valence-corrected chi connectivity index (χ0v) is 18.8. The van der Waals surface area contributed by atoms with Gasteiger partial charge in [-0.3, -0.25) is 9.48 Å². The van der Waals surface area contributed by atoms with Crippen molar-refractivity contribution in [3.63, 3.8) is 0 Å². The van der Waals surface area contributed by atoms with Crippen LogP contribution in [-0.2, 0) is 11.3 Å². The van der Waals surface area contributed by atoms with Crippen LogP contribution in [0.4, 0.5) is 0 Å². The fourth-order valence-electron chi connectivity index (χ4n) is 8.66. The van der Waals surface area contributed by atoms with Crippen molar-refractivity contribution in [1.29, 1.82) is 5.26 Å². The Bertz CT molecular complexity index is 902. The third-order valence-corrected chi connectivity index (χ3v) is 9.74. The van der Waals surface area contributed by atoms with Crippen LogP contribution < -0.4 is 5.73 Å². The summed E-state index contributed by atoms with van der Waals surface area (Å²) in [7, 11) is 0. The highest BCUT2D eigenvalue weighted by atomic mass is 16.3. The van der Waals surface area contributed by atoms with E-state index in [2.05, 4.69) is 18.1 Å². The molecule has 0 aromatic carbocycles. The third-order valence-electron chi connectivity index (χ3n) is 9.74. The highest BCUT2D eigenvalue weighted by Gasteiger charge is 2.59. The zero-order valence-electron chi connectivity index (χ0n) is 18.8. The Kier molecular flexibility index (Phi) is 5.06. The summed E-state index contributed by atoms with van der Waals surface area (Å²) in [6, 6.07) is 2.18. The predicted molar refractivity (Wildman–Crippen MR) is 117 cm³/mol. The van der Waals surface area contributed by atoms with Crippen molar-refractivity contribution in [2.75, 3.05) is 0 Å². The van der Waals surface area contributed by atoms with E-state index < -0.39 is 5.60 Å². The molecule has 4 fully saturated rings. The van der Waals surface area contributed by atoms with Gasteiger partial charge in [-0.05, 0) is 93.3 Å². The molecule has 9 atom stereocenters. The minimum Gasteiger partial charge on any atom is -0.390 e. The predicted octanol–water partition coefficient (Wildman–Crippen LogP) is 3.28. The number of carbonyl (C=O) groups excluding carboxylic acids is 1. The summed E-state index contributed by atoms with van der Waals surface area (Å²) in [5, 5.41) is 23.9.